The van der Waals surface area contributed by atoms with Crippen LogP contribution < -0.4 is 10.1 Å². The number of carbonyl (C=O) groups is 2. The Labute approximate surface area is 164 Å². The van der Waals surface area contributed by atoms with Gasteiger partial charge in [0, 0.05) is 25.3 Å². The maximum Gasteiger partial charge on any atom is 0.322 e. The Hall–Kier alpha value is -2.03. The molecule has 2 fully saturated rings. The molecule has 2 amide bonds. The van der Waals surface area contributed by atoms with E-state index in [1.165, 1.54) is 0 Å². The van der Waals surface area contributed by atoms with E-state index in [0.717, 1.165) is 25.9 Å². The van der Waals surface area contributed by atoms with Gasteiger partial charge in [0.2, 0.25) is 0 Å². The number of nitrogens with zero attached hydrogens (tertiary/aromatic N) is 2. The van der Waals surface area contributed by atoms with Gasteiger partial charge >= 0.3 is 6.03 Å². The van der Waals surface area contributed by atoms with Crippen LogP contribution in [-0.4, -0.2) is 80.0 Å². The first-order chi connectivity index (χ1) is 12.9. The Morgan fingerprint density at radius 1 is 1.37 bits per heavy atom. The lowest BCUT2D eigenvalue weighted by atomic mass is 9.89. The van der Waals surface area contributed by atoms with E-state index in [2.05, 4.69) is 17.3 Å². The highest BCUT2D eigenvalue weighted by Crippen LogP contribution is 2.31. The number of halogens is 1. The zero-order chi connectivity index (χ0) is 19.9. The fourth-order valence-corrected chi connectivity index (χ4v) is 3.55. The zero-order valence-electron chi connectivity index (χ0n) is 15.6. The fourth-order valence-electron chi connectivity index (χ4n) is 3.29. The number of methoxy groups -OCH3 is 1. The van der Waals surface area contributed by atoms with Gasteiger partial charge in [-0.3, -0.25) is 4.79 Å². The number of benzene rings is 1. The molecule has 2 saturated heterocycles. The number of hydrogen-bond acceptors (Lipinski definition) is 5. The quantitative estimate of drug-likeness (QED) is 0.742. The van der Waals surface area contributed by atoms with Crippen LogP contribution in [0.1, 0.15) is 12.8 Å². The van der Waals surface area contributed by atoms with Gasteiger partial charge in [-0.25, -0.2) is 4.79 Å². The minimum absolute atomic E-state index is 0.113. The van der Waals surface area contributed by atoms with E-state index in [1.807, 2.05) is 4.90 Å². The van der Waals surface area contributed by atoms with Crippen molar-refractivity contribution in [2.24, 2.45) is 0 Å². The number of rotatable bonds is 2. The highest BCUT2D eigenvalue weighted by Gasteiger charge is 2.40. The number of ether oxygens (including phenoxy) is 2. The normalized spacial score (nSPS) is 19.0. The molecule has 0 saturated carbocycles. The number of carbonyl (C=O) groups excluding carboxylic acids is 1. The molecule has 0 radical (unpaired) electrons. The molecule has 0 aliphatic carbocycles. The summed E-state index contributed by atoms with van der Waals surface area (Å²) in [5, 5.41) is 10.3. The van der Waals surface area contributed by atoms with Crippen molar-refractivity contribution in [2.75, 3.05) is 52.3 Å². The molecule has 2 heterocycles. The van der Waals surface area contributed by atoms with E-state index in [0.29, 0.717) is 36.2 Å². The number of hydrogen-bond donors (Lipinski definition) is 2. The molecule has 0 aromatic heterocycles. The van der Waals surface area contributed by atoms with Gasteiger partial charge in [-0.2, -0.15) is 0 Å². The molecule has 2 N–H and O–H groups in total. The lowest BCUT2D eigenvalue weighted by molar-refractivity contribution is -0.123. The van der Waals surface area contributed by atoms with Crippen LogP contribution in [0, 0.1) is 0 Å². The first-order valence-corrected chi connectivity index (χ1v) is 9.10. The van der Waals surface area contributed by atoms with Crippen LogP contribution in [0.3, 0.4) is 0 Å². The summed E-state index contributed by atoms with van der Waals surface area (Å²) in [4.78, 5) is 25.1. The van der Waals surface area contributed by atoms with E-state index in [4.69, 9.17) is 31.0 Å². The molecular weight excluding hydrogens is 374 g/mol. The van der Waals surface area contributed by atoms with Crippen LogP contribution in [0.5, 0.6) is 5.75 Å². The average Bonchev–Trinajstić information content (AvgIpc) is 2.65. The molecule has 2 aliphatic rings. The smallest absolute Gasteiger partial charge is 0.322 e. The molecule has 2 aliphatic heterocycles. The highest BCUT2D eigenvalue weighted by molar-refractivity contribution is 6.32. The largest absolute Gasteiger partial charge is 0.495 e. The number of piperidine rings is 1. The van der Waals surface area contributed by atoms with Crippen LogP contribution >= 0.6 is 11.6 Å². The number of likely N-dealkylation sites (tertiary alicyclic amines) is 1. The van der Waals surface area contributed by atoms with Gasteiger partial charge in [-0.15, -0.1) is 0 Å². The molecule has 1 aromatic rings. The van der Waals surface area contributed by atoms with E-state index in [9.17, 15) is 4.79 Å². The molecule has 1 aromatic carbocycles. The number of urea groups is 1. The second-order valence-electron chi connectivity index (χ2n) is 6.64. The predicted molar refractivity (Wildman–Crippen MR) is 103 cm³/mol. The molecule has 1 spiro atoms. The van der Waals surface area contributed by atoms with Crippen LogP contribution in [0.15, 0.2) is 18.2 Å². The Kier molecular flexibility index (Phi) is 7.70. The molecule has 0 atom stereocenters. The van der Waals surface area contributed by atoms with Crippen molar-refractivity contribution in [1.29, 1.82) is 0 Å². The van der Waals surface area contributed by atoms with Gasteiger partial charge in [0.15, 0.2) is 0 Å². The SMILES string of the molecule is COc1ccc(NC(=O)N2CCOC3(CCN(C)CC3)C2)cc1Cl.O=CO. The van der Waals surface area contributed by atoms with E-state index >= 15 is 0 Å². The first-order valence-electron chi connectivity index (χ1n) is 8.73. The molecular formula is C18H26ClN3O5. The van der Waals surface area contributed by atoms with Crippen molar-refractivity contribution in [3.05, 3.63) is 23.2 Å². The third-order valence-corrected chi connectivity index (χ3v) is 5.13. The van der Waals surface area contributed by atoms with Gasteiger partial charge in [0.05, 0.1) is 30.9 Å². The van der Waals surface area contributed by atoms with Crippen molar-refractivity contribution >= 4 is 29.8 Å². The number of amides is 2. The summed E-state index contributed by atoms with van der Waals surface area (Å²) in [6, 6.07) is 5.12. The second kappa shape index (κ2) is 9.77. The Balaban J connectivity index is 0.000000817. The molecule has 150 valence electrons. The van der Waals surface area contributed by atoms with Crippen LogP contribution in [0.4, 0.5) is 10.5 Å². The summed E-state index contributed by atoms with van der Waals surface area (Å²) in [5.74, 6) is 0.589. The zero-order valence-corrected chi connectivity index (χ0v) is 16.4. The third-order valence-electron chi connectivity index (χ3n) is 4.84. The summed E-state index contributed by atoms with van der Waals surface area (Å²) in [7, 11) is 3.68. The number of carboxylic acid groups (broad SMARTS) is 1. The van der Waals surface area contributed by atoms with Gasteiger partial charge in [-0.05, 0) is 38.1 Å². The Bertz CT molecular complexity index is 650. The predicted octanol–water partition coefficient (Wildman–Crippen LogP) is 2.38. The highest BCUT2D eigenvalue weighted by atomic mass is 35.5. The van der Waals surface area contributed by atoms with E-state index in [1.54, 1.807) is 25.3 Å². The molecule has 0 unspecified atom stereocenters. The van der Waals surface area contributed by atoms with E-state index < -0.39 is 0 Å². The minimum Gasteiger partial charge on any atom is -0.495 e. The number of morpholine rings is 1. The average molecular weight is 400 g/mol. The van der Waals surface area contributed by atoms with Crippen molar-refractivity contribution in [2.45, 2.75) is 18.4 Å². The van der Waals surface area contributed by atoms with Crippen molar-refractivity contribution in [3.63, 3.8) is 0 Å². The molecule has 8 nitrogen and oxygen atoms in total. The third kappa shape index (κ3) is 5.72. The van der Waals surface area contributed by atoms with Crippen LogP contribution in [0.2, 0.25) is 5.02 Å². The van der Waals surface area contributed by atoms with Crippen LogP contribution in [0.25, 0.3) is 0 Å². The number of nitrogens with one attached hydrogen (secondary N) is 1. The first kappa shape index (κ1) is 21.3. The van der Waals surface area contributed by atoms with Gasteiger partial charge in [-0.1, -0.05) is 11.6 Å². The second-order valence-corrected chi connectivity index (χ2v) is 7.05. The maximum absolute atomic E-state index is 12.6. The van der Waals surface area contributed by atoms with Gasteiger partial charge in [0.1, 0.15) is 5.75 Å². The molecule has 9 heteroatoms. The number of anilines is 1. The molecule has 3 rings (SSSR count). The summed E-state index contributed by atoms with van der Waals surface area (Å²) >= 11 is 6.11. The topological polar surface area (TPSA) is 91.3 Å². The summed E-state index contributed by atoms with van der Waals surface area (Å²) in [6.45, 7) is 3.58. The monoisotopic (exact) mass is 399 g/mol. The lowest BCUT2D eigenvalue weighted by Crippen LogP contribution is -2.58. The van der Waals surface area contributed by atoms with Crippen molar-refractivity contribution < 1.29 is 24.2 Å². The van der Waals surface area contributed by atoms with Crippen molar-refractivity contribution in [1.82, 2.24) is 9.80 Å². The fraction of sp³-hybridized carbons (Fsp3) is 0.556. The van der Waals surface area contributed by atoms with Gasteiger partial charge in [0.25, 0.3) is 6.47 Å². The molecule has 27 heavy (non-hydrogen) atoms. The summed E-state index contributed by atoms with van der Waals surface area (Å²) in [5.41, 5.74) is 0.467. The van der Waals surface area contributed by atoms with Crippen molar-refractivity contribution in [3.8, 4) is 5.75 Å². The van der Waals surface area contributed by atoms with Gasteiger partial charge < -0.3 is 29.7 Å². The molecule has 0 bridgehead atoms. The van der Waals surface area contributed by atoms with E-state index in [-0.39, 0.29) is 18.1 Å². The minimum atomic E-state index is -0.250. The maximum atomic E-state index is 12.6. The standard InChI is InChI=1S/C17H24ClN3O3.CH2O2/c1-20-7-5-17(6-8-20)12-21(9-10-24-17)16(22)19-13-3-4-15(23-2)14(18)11-13;2-1-3/h3-4,11H,5-10,12H2,1-2H3,(H,19,22);1H,(H,2,3). The summed E-state index contributed by atoms with van der Waals surface area (Å²) < 4.78 is 11.2. The Morgan fingerprint density at radius 3 is 2.63 bits per heavy atom. The summed E-state index contributed by atoms with van der Waals surface area (Å²) in [6.07, 6.45) is 1.92. The Morgan fingerprint density at radius 2 is 2.04 bits per heavy atom. The van der Waals surface area contributed by atoms with Crippen LogP contribution in [-0.2, 0) is 9.53 Å². The lowest BCUT2D eigenvalue weighted by Gasteiger charge is -2.46.